The monoisotopic (exact) mass is 185 g/mol. The van der Waals surface area contributed by atoms with Crippen LogP contribution >= 0.6 is 0 Å². The molecular weight excluding hydrogens is 172 g/mol. The van der Waals surface area contributed by atoms with Gasteiger partial charge in [-0.1, -0.05) is 26.7 Å². The fraction of sp³-hybridized carbons (Fsp3) is 1.00. The summed E-state index contributed by atoms with van der Waals surface area (Å²) in [6.07, 6.45) is 2.39. The van der Waals surface area contributed by atoms with Crippen LogP contribution in [0.3, 0.4) is 0 Å². The van der Waals surface area contributed by atoms with Crippen molar-refractivity contribution in [3.63, 3.8) is 0 Å². The average molecular weight is 186 g/mol. The van der Waals surface area contributed by atoms with E-state index in [0.29, 0.717) is 0 Å². The Morgan fingerprint density at radius 1 is 1.00 bits per heavy atom. The molecule has 0 aromatic heterocycles. The third-order valence-electron chi connectivity index (χ3n) is 0.763. The maximum absolute atomic E-state index is 4.21. The van der Waals surface area contributed by atoms with Crippen molar-refractivity contribution in [1.82, 2.24) is 0 Å². The quantitative estimate of drug-likeness (QED) is 0.509. The molecule has 0 unspecified atom stereocenters. The van der Waals surface area contributed by atoms with E-state index >= 15 is 0 Å². The van der Waals surface area contributed by atoms with Crippen LogP contribution in [0, 0.1) is 0 Å². The van der Waals surface area contributed by atoms with Crippen LogP contribution in [0.5, 0.6) is 0 Å². The summed E-state index contributed by atoms with van der Waals surface area (Å²) in [5.41, 5.74) is 0. The standard InChI is InChI=1S/C6H14N.Rb/c1-3-5-7-6-4-2;/h3-6H2,1-2H3;/q-1;+1. The molecular formula is C6H14NRb. The maximum Gasteiger partial charge on any atom is 1.00 e. The zero-order valence-electron chi connectivity index (χ0n) is 6.28. The van der Waals surface area contributed by atoms with Gasteiger partial charge in [0.15, 0.2) is 0 Å². The molecule has 0 rings (SSSR count). The van der Waals surface area contributed by atoms with Crippen molar-refractivity contribution in [3.05, 3.63) is 5.32 Å². The van der Waals surface area contributed by atoms with E-state index < -0.39 is 0 Å². The van der Waals surface area contributed by atoms with Crippen molar-refractivity contribution in [3.8, 4) is 0 Å². The molecule has 0 amide bonds. The van der Waals surface area contributed by atoms with E-state index in [1.54, 1.807) is 0 Å². The van der Waals surface area contributed by atoms with Crippen LogP contribution in [0.2, 0.25) is 0 Å². The van der Waals surface area contributed by atoms with Crippen molar-refractivity contribution in [2.75, 3.05) is 13.1 Å². The van der Waals surface area contributed by atoms with Crippen molar-refractivity contribution >= 4 is 0 Å². The van der Waals surface area contributed by atoms with Crippen LogP contribution in [0.15, 0.2) is 0 Å². The summed E-state index contributed by atoms with van der Waals surface area (Å²) in [5.74, 6) is 0. The number of hydrogen-bond donors (Lipinski definition) is 0. The summed E-state index contributed by atoms with van der Waals surface area (Å²) in [7, 11) is 0. The molecule has 0 saturated heterocycles. The van der Waals surface area contributed by atoms with Gasteiger partial charge in [-0.25, -0.2) is 0 Å². The first-order valence-corrected chi connectivity index (χ1v) is 3.05. The van der Waals surface area contributed by atoms with Gasteiger partial charge in [0.05, 0.1) is 0 Å². The van der Waals surface area contributed by atoms with E-state index in [1.165, 1.54) is 12.8 Å². The minimum atomic E-state index is 0. The fourth-order valence-electron chi connectivity index (χ4n) is 0.428. The smallest absolute Gasteiger partial charge is 0.662 e. The molecule has 44 valence electrons. The van der Waals surface area contributed by atoms with Crippen LogP contribution in [-0.4, -0.2) is 13.1 Å². The van der Waals surface area contributed by atoms with Gasteiger partial charge in [-0.15, -0.1) is 13.1 Å². The minimum Gasteiger partial charge on any atom is -0.662 e. The van der Waals surface area contributed by atoms with Gasteiger partial charge in [0.2, 0.25) is 0 Å². The summed E-state index contributed by atoms with van der Waals surface area (Å²) in [4.78, 5) is 0. The topological polar surface area (TPSA) is 14.1 Å². The van der Waals surface area contributed by atoms with Crippen LogP contribution in [0.1, 0.15) is 26.7 Å². The molecule has 0 aromatic rings. The van der Waals surface area contributed by atoms with Gasteiger partial charge >= 0.3 is 58.2 Å². The van der Waals surface area contributed by atoms with Gasteiger partial charge in [0.1, 0.15) is 0 Å². The molecule has 0 aliphatic rings. The summed E-state index contributed by atoms with van der Waals surface area (Å²) >= 11 is 0. The van der Waals surface area contributed by atoms with Crippen LogP contribution < -0.4 is 58.2 Å². The SMILES string of the molecule is CCC[N-]CCC.[Rb+]. The van der Waals surface area contributed by atoms with Crippen molar-refractivity contribution in [2.45, 2.75) is 26.7 Å². The molecule has 0 spiro atoms. The maximum atomic E-state index is 4.21. The van der Waals surface area contributed by atoms with Crippen molar-refractivity contribution in [2.24, 2.45) is 0 Å². The van der Waals surface area contributed by atoms with Crippen LogP contribution in [-0.2, 0) is 0 Å². The minimum absolute atomic E-state index is 0. The second kappa shape index (κ2) is 11.5. The van der Waals surface area contributed by atoms with Gasteiger partial charge in [0, 0.05) is 0 Å². The Morgan fingerprint density at radius 2 is 1.38 bits per heavy atom. The predicted octanol–water partition coefficient (Wildman–Crippen LogP) is -0.816. The average Bonchev–Trinajstić information content (AvgIpc) is 1.69. The molecule has 0 saturated carbocycles. The number of rotatable bonds is 4. The van der Waals surface area contributed by atoms with Gasteiger partial charge in [0.25, 0.3) is 0 Å². The first-order valence-electron chi connectivity index (χ1n) is 3.05. The van der Waals surface area contributed by atoms with E-state index in [2.05, 4.69) is 19.2 Å². The molecule has 0 fully saturated rings. The van der Waals surface area contributed by atoms with Gasteiger partial charge in [-0.3, -0.25) is 0 Å². The Hall–Kier alpha value is 1.77. The fourth-order valence-corrected chi connectivity index (χ4v) is 0.428. The Labute approximate surface area is 101 Å². The Morgan fingerprint density at radius 3 is 1.62 bits per heavy atom. The molecule has 1 nitrogen and oxygen atoms in total. The zero-order valence-corrected chi connectivity index (χ0v) is 11.2. The Kier molecular flexibility index (Phi) is 18.0. The van der Waals surface area contributed by atoms with E-state index in [9.17, 15) is 0 Å². The van der Waals surface area contributed by atoms with Crippen LogP contribution in [0.4, 0.5) is 0 Å². The predicted molar refractivity (Wildman–Crippen MR) is 33.7 cm³/mol. The molecule has 0 aliphatic heterocycles. The number of nitrogens with zero attached hydrogens (tertiary/aromatic N) is 1. The van der Waals surface area contributed by atoms with E-state index in [4.69, 9.17) is 0 Å². The third kappa shape index (κ3) is 10.7. The van der Waals surface area contributed by atoms with E-state index in [-0.39, 0.29) is 58.2 Å². The molecule has 0 atom stereocenters. The summed E-state index contributed by atoms with van der Waals surface area (Å²) in [5, 5.41) is 4.21. The van der Waals surface area contributed by atoms with E-state index in [1.807, 2.05) is 0 Å². The molecule has 0 radical (unpaired) electrons. The van der Waals surface area contributed by atoms with Gasteiger partial charge in [-0.2, -0.15) is 0 Å². The number of hydrogen-bond acceptors (Lipinski definition) is 0. The zero-order chi connectivity index (χ0) is 5.54. The van der Waals surface area contributed by atoms with Crippen molar-refractivity contribution in [1.29, 1.82) is 0 Å². The van der Waals surface area contributed by atoms with Crippen molar-refractivity contribution < 1.29 is 58.2 Å². The first-order chi connectivity index (χ1) is 3.41. The normalized spacial score (nSPS) is 8.25. The third-order valence-corrected chi connectivity index (χ3v) is 0.763. The molecule has 0 aromatic carbocycles. The van der Waals surface area contributed by atoms with Crippen LogP contribution in [0.25, 0.3) is 5.32 Å². The molecule has 0 N–H and O–H groups in total. The summed E-state index contributed by atoms with van der Waals surface area (Å²) < 4.78 is 0. The molecule has 8 heavy (non-hydrogen) atoms. The van der Waals surface area contributed by atoms with Gasteiger partial charge in [-0.05, 0) is 0 Å². The first kappa shape index (κ1) is 12.4. The largest absolute Gasteiger partial charge is 1.00 e. The Bertz CT molecular complexity index is 27.7. The molecule has 2 heteroatoms. The molecule has 0 bridgehead atoms. The van der Waals surface area contributed by atoms with Gasteiger partial charge < -0.3 is 5.32 Å². The molecule has 0 aliphatic carbocycles. The molecule has 0 heterocycles. The summed E-state index contributed by atoms with van der Waals surface area (Å²) in [6, 6.07) is 0. The second-order valence-corrected chi connectivity index (χ2v) is 1.67. The van der Waals surface area contributed by atoms with E-state index in [0.717, 1.165) is 13.1 Å². The Balaban J connectivity index is 0. The summed E-state index contributed by atoms with van der Waals surface area (Å²) in [6.45, 7) is 6.40. The second-order valence-electron chi connectivity index (χ2n) is 1.67.